The predicted molar refractivity (Wildman–Crippen MR) is 98.5 cm³/mol. The van der Waals surface area contributed by atoms with Crippen LogP contribution in [-0.4, -0.2) is 48.8 Å². The van der Waals surface area contributed by atoms with Gasteiger partial charge in [0.2, 0.25) is 0 Å². The third-order valence-corrected chi connectivity index (χ3v) is 4.28. The van der Waals surface area contributed by atoms with Crippen LogP contribution in [0.5, 0.6) is 5.75 Å². The summed E-state index contributed by atoms with van der Waals surface area (Å²) in [5.74, 6) is 1.24. The number of hydrogen-bond donors (Lipinski definition) is 2. The molecule has 138 valence electrons. The Bertz CT molecular complexity index is 698. The molecule has 1 fully saturated rings. The first-order chi connectivity index (χ1) is 12.7. The molecule has 1 unspecified atom stereocenters. The number of aromatic nitrogens is 2. The number of rotatable bonds is 8. The van der Waals surface area contributed by atoms with Crippen LogP contribution in [0.25, 0.3) is 0 Å². The molecule has 1 amide bonds. The molecule has 2 aromatic rings. The van der Waals surface area contributed by atoms with Gasteiger partial charge in [0.05, 0.1) is 25.6 Å². The van der Waals surface area contributed by atoms with Crippen molar-refractivity contribution in [3.8, 4) is 5.75 Å². The molecule has 1 aliphatic heterocycles. The number of carbonyl (C=O) groups excluding carboxylic acids is 1. The van der Waals surface area contributed by atoms with Gasteiger partial charge in [0.15, 0.2) is 0 Å². The Morgan fingerprint density at radius 2 is 2.12 bits per heavy atom. The molecule has 1 aromatic carbocycles. The highest BCUT2D eigenvalue weighted by Gasteiger charge is 2.15. The van der Waals surface area contributed by atoms with Gasteiger partial charge in [-0.3, -0.25) is 4.79 Å². The minimum Gasteiger partial charge on any atom is -0.497 e. The number of nitrogens with one attached hydrogen (secondary N) is 2. The number of anilines is 1. The van der Waals surface area contributed by atoms with Gasteiger partial charge >= 0.3 is 0 Å². The van der Waals surface area contributed by atoms with Crippen molar-refractivity contribution in [1.29, 1.82) is 0 Å². The fraction of sp³-hybridized carbons (Fsp3) is 0.421. The summed E-state index contributed by atoms with van der Waals surface area (Å²) in [6.07, 6.45) is 6.21. The second-order valence-electron chi connectivity index (χ2n) is 6.16. The van der Waals surface area contributed by atoms with Crippen molar-refractivity contribution in [3.05, 3.63) is 47.9 Å². The molecule has 2 heterocycles. The van der Waals surface area contributed by atoms with Crippen LogP contribution in [0.3, 0.4) is 0 Å². The van der Waals surface area contributed by atoms with Gasteiger partial charge in [-0.15, -0.1) is 0 Å². The van der Waals surface area contributed by atoms with Gasteiger partial charge in [-0.1, -0.05) is 12.1 Å². The molecule has 7 nitrogen and oxygen atoms in total. The van der Waals surface area contributed by atoms with Crippen molar-refractivity contribution in [1.82, 2.24) is 15.3 Å². The smallest absolute Gasteiger partial charge is 0.271 e. The van der Waals surface area contributed by atoms with Crippen molar-refractivity contribution >= 4 is 11.7 Å². The Balaban J connectivity index is 1.42. The van der Waals surface area contributed by atoms with Crippen LogP contribution in [0.2, 0.25) is 0 Å². The highest BCUT2D eigenvalue weighted by atomic mass is 16.5. The molecule has 0 saturated carbocycles. The van der Waals surface area contributed by atoms with Crippen LogP contribution < -0.4 is 15.4 Å². The Labute approximate surface area is 153 Å². The van der Waals surface area contributed by atoms with Crippen molar-refractivity contribution in [2.45, 2.75) is 25.4 Å². The molecule has 1 saturated heterocycles. The van der Waals surface area contributed by atoms with E-state index in [-0.39, 0.29) is 12.0 Å². The summed E-state index contributed by atoms with van der Waals surface area (Å²) < 4.78 is 10.7. The molecule has 1 aromatic heterocycles. The normalized spacial score (nSPS) is 16.3. The first-order valence-electron chi connectivity index (χ1n) is 8.83. The van der Waals surface area contributed by atoms with E-state index in [1.165, 1.54) is 6.20 Å². The lowest BCUT2D eigenvalue weighted by molar-refractivity contribution is 0.0948. The fourth-order valence-electron chi connectivity index (χ4n) is 2.76. The lowest BCUT2D eigenvalue weighted by Crippen LogP contribution is -2.27. The first-order valence-corrected chi connectivity index (χ1v) is 8.83. The van der Waals surface area contributed by atoms with E-state index >= 15 is 0 Å². The number of nitrogens with zero attached hydrogens (tertiary/aromatic N) is 2. The highest BCUT2D eigenvalue weighted by Crippen LogP contribution is 2.13. The Kier molecular flexibility index (Phi) is 6.38. The standard InChI is InChI=1S/C19H24N4O3/c1-25-15-6-4-14(5-7-15)8-9-20-19(24)17-12-23-18(13-21-17)22-11-16-3-2-10-26-16/h4-7,12-13,16H,2-3,8-11H2,1H3,(H,20,24)(H,22,23). The number of methoxy groups -OCH3 is 1. The number of ether oxygens (including phenoxy) is 2. The molecule has 3 rings (SSSR count). The van der Waals surface area contributed by atoms with E-state index in [1.54, 1.807) is 13.3 Å². The lowest BCUT2D eigenvalue weighted by Gasteiger charge is -2.11. The summed E-state index contributed by atoms with van der Waals surface area (Å²) in [6.45, 7) is 2.07. The second-order valence-corrected chi connectivity index (χ2v) is 6.16. The molecule has 0 spiro atoms. The first kappa shape index (κ1) is 18.1. The van der Waals surface area contributed by atoms with Gasteiger partial charge in [-0.2, -0.15) is 0 Å². The van der Waals surface area contributed by atoms with E-state index in [9.17, 15) is 4.79 Å². The van der Waals surface area contributed by atoms with Crippen LogP contribution >= 0.6 is 0 Å². The molecule has 0 radical (unpaired) electrons. The summed E-state index contributed by atoms with van der Waals surface area (Å²) in [6, 6.07) is 7.79. The van der Waals surface area contributed by atoms with E-state index < -0.39 is 0 Å². The SMILES string of the molecule is COc1ccc(CCNC(=O)c2cnc(NCC3CCCO3)cn2)cc1. The Morgan fingerprint density at radius 3 is 2.77 bits per heavy atom. The predicted octanol–water partition coefficient (Wildman–Crippen LogP) is 2.05. The zero-order valence-corrected chi connectivity index (χ0v) is 14.9. The Morgan fingerprint density at radius 1 is 1.27 bits per heavy atom. The van der Waals surface area contributed by atoms with Gasteiger partial charge < -0.3 is 20.1 Å². The van der Waals surface area contributed by atoms with Crippen molar-refractivity contribution < 1.29 is 14.3 Å². The molecule has 1 atom stereocenters. The molecular weight excluding hydrogens is 332 g/mol. The van der Waals surface area contributed by atoms with Gasteiger partial charge in [-0.05, 0) is 37.0 Å². The number of carbonyl (C=O) groups is 1. The second kappa shape index (κ2) is 9.15. The maximum atomic E-state index is 12.1. The summed E-state index contributed by atoms with van der Waals surface area (Å²) in [4.78, 5) is 20.6. The van der Waals surface area contributed by atoms with Gasteiger partial charge in [0, 0.05) is 19.7 Å². The van der Waals surface area contributed by atoms with Crippen LogP contribution in [0.15, 0.2) is 36.7 Å². The highest BCUT2D eigenvalue weighted by molar-refractivity contribution is 5.91. The molecule has 0 bridgehead atoms. The van der Waals surface area contributed by atoms with E-state index in [4.69, 9.17) is 9.47 Å². The number of benzene rings is 1. The molecular formula is C19H24N4O3. The summed E-state index contributed by atoms with van der Waals surface area (Å²) in [7, 11) is 1.64. The summed E-state index contributed by atoms with van der Waals surface area (Å²) in [5.41, 5.74) is 1.44. The van der Waals surface area contributed by atoms with Gasteiger partial charge in [0.1, 0.15) is 17.3 Å². The van der Waals surface area contributed by atoms with Gasteiger partial charge in [-0.25, -0.2) is 9.97 Å². The number of hydrogen-bond acceptors (Lipinski definition) is 6. The minimum atomic E-state index is -0.225. The van der Waals surface area contributed by atoms with Crippen LogP contribution in [0.1, 0.15) is 28.9 Å². The van der Waals surface area contributed by atoms with Crippen LogP contribution in [0, 0.1) is 0 Å². The fourth-order valence-corrected chi connectivity index (χ4v) is 2.76. The zero-order valence-electron chi connectivity index (χ0n) is 14.9. The zero-order chi connectivity index (χ0) is 18.2. The van der Waals surface area contributed by atoms with Gasteiger partial charge in [0.25, 0.3) is 5.91 Å². The van der Waals surface area contributed by atoms with E-state index in [0.29, 0.717) is 24.6 Å². The quantitative estimate of drug-likeness (QED) is 0.753. The van der Waals surface area contributed by atoms with Crippen molar-refractivity contribution in [2.75, 3.05) is 32.1 Å². The third kappa shape index (κ3) is 5.16. The maximum Gasteiger partial charge on any atom is 0.271 e. The Hall–Kier alpha value is -2.67. The van der Waals surface area contributed by atoms with E-state index in [1.807, 2.05) is 24.3 Å². The third-order valence-electron chi connectivity index (χ3n) is 4.28. The van der Waals surface area contributed by atoms with E-state index in [0.717, 1.165) is 37.2 Å². The monoisotopic (exact) mass is 356 g/mol. The topological polar surface area (TPSA) is 85.4 Å². The van der Waals surface area contributed by atoms with Crippen molar-refractivity contribution in [3.63, 3.8) is 0 Å². The molecule has 1 aliphatic rings. The van der Waals surface area contributed by atoms with Crippen LogP contribution in [-0.2, 0) is 11.2 Å². The number of amides is 1. The maximum absolute atomic E-state index is 12.1. The average Bonchev–Trinajstić information content (AvgIpc) is 3.21. The van der Waals surface area contributed by atoms with E-state index in [2.05, 4.69) is 20.6 Å². The molecule has 7 heteroatoms. The average molecular weight is 356 g/mol. The van der Waals surface area contributed by atoms with Crippen molar-refractivity contribution in [2.24, 2.45) is 0 Å². The molecule has 26 heavy (non-hydrogen) atoms. The molecule has 0 aliphatic carbocycles. The molecule has 2 N–H and O–H groups in total. The summed E-state index contributed by atoms with van der Waals surface area (Å²) >= 11 is 0. The lowest BCUT2D eigenvalue weighted by atomic mass is 10.1. The van der Waals surface area contributed by atoms with Crippen LogP contribution in [0.4, 0.5) is 5.82 Å². The minimum absolute atomic E-state index is 0.225. The largest absolute Gasteiger partial charge is 0.497 e. The summed E-state index contributed by atoms with van der Waals surface area (Å²) in [5, 5.41) is 6.05.